The molecule has 2 heterocycles. The van der Waals surface area contributed by atoms with E-state index in [2.05, 4.69) is 42.6 Å². The van der Waals surface area contributed by atoms with Gasteiger partial charge in [0.15, 0.2) is 0 Å². The van der Waals surface area contributed by atoms with Crippen molar-refractivity contribution in [3.05, 3.63) is 0 Å². The third-order valence-electron chi connectivity index (χ3n) is 5.28. The smallest absolute Gasteiger partial charge is 0.0385 e. The summed E-state index contributed by atoms with van der Waals surface area (Å²) in [6, 6.07) is 0. The van der Waals surface area contributed by atoms with E-state index in [0.29, 0.717) is 5.92 Å². The van der Waals surface area contributed by atoms with Crippen molar-refractivity contribution >= 4 is 0 Å². The summed E-state index contributed by atoms with van der Waals surface area (Å²) in [6.45, 7) is 12.7. The highest BCUT2D eigenvalue weighted by Crippen LogP contribution is 2.39. The van der Waals surface area contributed by atoms with Crippen molar-refractivity contribution in [3.63, 3.8) is 0 Å². The molecule has 0 aromatic carbocycles. The summed E-state index contributed by atoms with van der Waals surface area (Å²) in [7, 11) is 4.34. The summed E-state index contributed by atoms with van der Waals surface area (Å²) in [6.07, 6.45) is 2.60. The van der Waals surface area contributed by atoms with Crippen LogP contribution in [-0.2, 0) is 0 Å². The molecule has 2 bridgehead atoms. The Morgan fingerprint density at radius 1 is 1.25 bits per heavy atom. The van der Waals surface area contributed by atoms with Gasteiger partial charge < -0.3 is 15.5 Å². The molecular weight excluding hydrogens is 248 g/mol. The molecule has 0 radical (unpaired) electrons. The van der Waals surface area contributed by atoms with Gasteiger partial charge in [-0.15, -0.1) is 0 Å². The second kappa shape index (κ2) is 6.73. The normalized spacial score (nSPS) is 33.6. The Labute approximate surface area is 125 Å². The average molecular weight is 282 g/mol. The first-order chi connectivity index (χ1) is 9.48. The summed E-state index contributed by atoms with van der Waals surface area (Å²) < 4.78 is 0. The summed E-state index contributed by atoms with van der Waals surface area (Å²) in [5.74, 6) is 1.49. The van der Waals surface area contributed by atoms with E-state index < -0.39 is 0 Å². The Kier molecular flexibility index (Phi) is 5.46. The van der Waals surface area contributed by atoms with E-state index in [1.807, 2.05) is 0 Å². The summed E-state index contributed by atoms with van der Waals surface area (Å²) in [4.78, 5) is 7.66. The predicted octanol–water partition coefficient (Wildman–Crippen LogP) is 0.929. The number of nitrogens with zero attached hydrogens (tertiary/aromatic N) is 3. The van der Waals surface area contributed by atoms with Crippen molar-refractivity contribution < 1.29 is 0 Å². The van der Waals surface area contributed by atoms with Gasteiger partial charge >= 0.3 is 0 Å². The number of hydrogen-bond acceptors (Lipinski definition) is 4. The molecule has 0 spiro atoms. The highest BCUT2D eigenvalue weighted by Gasteiger charge is 2.48. The van der Waals surface area contributed by atoms with E-state index in [9.17, 15) is 0 Å². The minimum absolute atomic E-state index is 0.257. The number of piperidine rings is 1. The van der Waals surface area contributed by atoms with Crippen LogP contribution in [-0.4, -0.2) is 80.1 Å². The van der Waals surface area contributed by atoms with Crippen LogP contribution in [0.15, 0.2) is 0 Å². The SMILES string of the molecule is CC(C)CN(CCN(C)C)C1(CN)CCN2CCC1C2. The van der Waals surface area contributed by atoms with Crippen LogP contribution in [0.5, 0.6) is 0 Å². The van der Waals surface area contributed by atoms with Gasteiger partial charge in [-0.2, -0.15) is 0 Å². The van der Waals surface area contributed by atoms with Crippen LogP contribution in [0.25, 0.3) is 0 Å². The number of rotatable bonds is 7. The summed E-state index contributed by atoms with van der Waals surface area (Å²) in [5, 5.41) is 0. The van der Waals surface area contributed by atoms with Gasteiger partial charge in [0.2, 0.25) is 0 Å². The predicted molar refractivity (Wildman–Crippen MR) is 85.9 cm³/mol. The molecule has 2 aliphatic rings. The summed E-state index contributed by atoms with van der Waals surface area (Å²) in [5.41, 5.74) is 6.59. The zero-order valence-corrected chi connectivity index (χ0v) is 13.9. The second-order valence-corrected chi connectivity index (χ2v) is 7.49. The zero-order chi connectivity index (χ0) is 14.8. The Morgan fingerprint density at radius 2 is 2.00 bits per heavy atom. The van der Waals surface area contributed by atoms with Crippen molar-refractivity contribution in [2.75, 3.05) is 59.9 Å². The molecule has 0 amide bonds. The molecule has 2 rings (SSSR count). The zero-order valence-electron chi connectivity index (χ0n) is 13.9. The van der Waals surface area contributed by atoms with E-state index in [0.717, 1.165) is 25.6 Å². The monoisotopic (exact) mass is 282 g/mol. The van der Waals surface area contributed by atoms with E-state index >= 15 is 0 Å². The van der Waals surface area contributed by atoms with Crippen LogP contribution in [0.1, 0.15) is 26.7 Å². The fourth-order valence-corrected chi connectivity index (χ4v) is 4.10. The minimum atomic E-state index is 0.257. The third-order valence-corrected chi connectivity index (χ3v) is 5.28. The van der Waals surface area contributed by atoms with Gasteiger partial charge in [-0.1, -0.05) is 13.8 Å². The molecule has 20 heavy (non-hydrogen) atoms. The third kappa shape index (κ3) is 3.35. The van der Waals surface area contributed by atoms with Crippen LogP contribution in [0.3, 0.4) is 0 Å². The van der Waals surface area contributed by atoms with E-state index in [4.69, 9.17) is 5.73 Å². The van der Waals surface area contributed by atoms with E-state index in [1.165, 1.54) is 39.0 Å². The molecule has 0 aromatic rings. The molecule has 3 unspecified atom stereocenters. The van der Waals surface area contributed by atoms with Crippen molar-refractivity contribution in [1.82, 2.24) is 14.7 Å². The Morgan fingerprint density at radius 3 is 2.60 bits per heavy atom. The fraction of sp³-hybridized carbons (Fsp3) is 1.00. The maximum atomic E-state index is 6.33. The number of nitrogens with two attached hydrogens (primary N) is 1. The second-order valence-electron chi connectivity index (χ2n) is 7.49. The molecule has 2 fully saturated rings. The van der Waals surface area contributed by atoms with Crippen LogP contribution in [0, 0.1) is 11.8 Å². The molecule has 3 atom stereocenters. The number of hydrogen-bond donors (Lipinski definition) is 1. The van der Waals surface area contributed by atoms with Crippen molar-refractivity contribution in [1.29, 1.82) is 0 Å². The largest absolute Gasteiger partial charge is 0.329 e. The van der Waals surface area contributed by atoms with Crippen molar-refractivity contribution in [2.24, 2.45) is 17.6 Å². The van der Waals surface area contributed by atoms with Gasteiger partial charge in [0.05, 0.1) is 0 Å². The molecule has 0 aromatic heterocycles. The molecule has 4 heteroatoms. The van der Waals surface area contributed by atoms with Crippen LogP contribution in [0.4, 0.5) is 0 Å². The van der Waals surface area contributed by atoms with Crippen molar-refractivity contribution in [2.45, 2.75) is 32.2 Å². The molecular formula is C16H34N4. The Bertz CT molecular complexity index is 305. The van der Waals surface area contributed by atoms with Crippen LogP contribution >= 0.6 is 0 Å². The first kappa shape index (κ1) is 16.2. The standard InChI is InChI=1S/C16H34N4/c1-14(2)11-20(10-9-18(3)4)16(13-17)6-8-19-7-5-15(16)12-19/h14-15H,5-13,17H2,1-4H3. The van der Waals surface area contributed by atoms with Gasteiger partial charge in [0.25, 0.3) is 0 Å². The number of likely N-dealkylation sites (N-methyl/N-ethyl adjacent to an activating group) is 1. The van der Waals surface area contributed by atoms with Crippen LogP contribution < -0.4 is 5.73 Å². The maximum absolute atomic E-state index is 6.33. The molecule has 0 saturated carbocycles. The van der Waals surface area contributed by atoms with E-state index in [1.54, 1.807) is 0 Å². The highest BCUT2D eigenvalue weighted by molar-refractivity contribution is 5.05. The van der Waals surface area contributed by atoms with Gasteiger partial charge in [-0.05, 0) is 51.9 Å². The molecule has 0 aliphatic carbocycles. The molecule has 2 saturated heterocycles. The van der Waals surface area contributed by atoms with Gasteiger partial charge in [-0.25, -0.2) is 0 Å². The fourth-order valence-electron chi connectivity index (χ4n) is 4.10. The summed E-state index contributed by atoms with van der Waals surface area (Å²) >= 11 is 0. The highest BCUT2D eigenvalue weighted by atomic mass is 15.3. The van der Waals surface area contributed by atoms with Gasteiger partial charge in [-0.3, -0.25) is 4.90 Å². The topological polar surface area (TPSA) is 35.7 Å². The van der Waals surface area contributed by atoms with Gasteiger partial charge in [0, 0.05) is 38.3 Å². The molecule has 2 aliphatic heterocycles. The Hall–Kier alpha value is -0.160. The first-order valence-electron chi connectivity index (χ1n) is 8.30. The van der Waals surface area contributed by atoms with Crippen molar-refractivity contribution in [3.8, 4) is 0 Å². The lowest BCUT2D eigenvalue weighted by Gasteiger charge is -2.51. The lowest BCUT2D eigenvalue weighted by atomic mass is 9.76. The van der Waals surface area contributed by atoms with Gasteiger partial charge in [0.1, 0.15) is 0 Å². The molecule has 118 valence electrons. The van der Waals surface area contributed by atoms with E-state index in [-0.39, 0.29) is 5.54 Å². The number of fused-ring (bicyclic) bond motifs is 2. The lowest BCUT2D eigenvalue weighted by Crippen LogP contribution is -2.63. The average Bonchev–Trinajstić information content (AvgIpc) is 2.79. The molecule has 2 N–H and O–H groups in total. The van der Waals surface area contributed by atoms with Crippen LogP contribution in [0.2, 0.25) is 0 Å². The Balaban J connectivity index is 2.13. The quantitative estimate of drug-likeness (QED) is 0.753. The minimum Gasteiger partial charge on any atom is -0.329 e. The first-order valence-corrected chi connectivity index (χ1v) is 8.30. The lowest BCUT2D eigenvalue weighted by molar-refractivity contribution is -0.00300. The maximum Gasteiger partial charge on any atom is 0.0385 e. The molecule has 4 nitrogen and oxygen atoms in total.